The van der Waals surface area contributed by atoms with Crippen LogP contribution in [0.1, 0.15) is 24.5 Å². The first-order chi connectivity index (χ1) is 18.0. The number of hydrogen-bond donors (Lipinski definition) is 1. The molecule has 3 aromatic carbocycles. The van der Waals surface area contributed by atoms with E-state index in [9.17, 15) is 14.4 Å². The highest BCUT2D eigenvalue weighted by molar-refractivity contribution is 6.39. The van der Waals surface area contributed by atoms with E-state index < -0.39 is 17.8 Å². The molecule has 1 aliphatic rings. The Labute approximate surface area is 215 Å². The standard InChI is InChI=1S/C30H27N3O4/c1-2-21-13-15-23(16-14-21)33-29(35)26(28(34)31-30(33)36)19-22-20-32(27-12-7-6-11-25(22)27)17-8-18-37-24-9-4-3-5-10-24/h3-7,9-16,19-20H,2,8,17-18H2,1H3,(H,31,34,36)/b26-19-. The average molecular weight is 494 g/mol. The van der Waals surface area contributed by atoms with Crippen LogP contribution in [-0.4, -0.2) is 29.0 Å². The summed E-state index contributed by atoms with van der Waals surface area (Å²) in [4.78, 5) is 39.6. The minimum absolute atomic E-state index is 0.0884. The first-order valence-corrected chi connectivity index (χ1v) is 12.3. The minimum Gasteiger partial charge on any atom is -0.494 e. The van der Waals surface area contributed by atoms with Crippen molar-refractivity contribution < 1.29 is 19.1 Å². The molecule has 1 fully saturated rings. The summed E-state index contributed by atoms with van der Waals surface area (Å²) in [7, 11) is 0. The number of nitrogens with one attached hydrogen (secondary N) is 1. The van der Waals surface area contributed by atoms with E-state index in [2.05, 4.69) is 9.88 Å². The number of hydrogen-bond acceptors (Lipinski definition) is 4. The number of imide groups is 2. The molecule has 0 saturated carbocycles. The second kappa shape index (κ2) is 10.5. The highest BCUT2D eigenvalue weighted by Crippen LogP contribution is 2.27. The van der Waals surface area contributed by atoms with Crippen LogP contribution in [0.15, 0.2) is 90.6 Å². The van der Waals surface area contributed by atoms with Gasteiger partial charge in [-0.05, 0) is 54.8 Å². The van der Waals surface area contributed by atoms with Gasteiger partial charge >= 0.3 is 6.03 Å². The first kappa shape index (κ1) is 24.1. The number of aryl methyl sites for hydroxylation is 2. The molecule has 0 radical (unpaired) electrons. The van der Waals surface area contributed by atoms with Gasteiger partial charge in [0.15, 0.2) is 0 Å². The molecule has 1 saturated heterocycles. The zero-order valence-electron chi connectivity index (χ0n) is 20.5. The minimum atomic E-state index is -0.753. The summed E-state index contributed by atoms with van der Waals surface area (Å²) >= 11 is 0. The van der Waals surface area contributed by atoms with E-state index in [-0.39, 0.29) is 5.57 Å². The van der Waals surface area contributed by atoms with E-state index in [0.717, 1.165) is 45.5 Å². The molecule has 1 aromatic heterocycles. The van der Waals surface area contributed by atoms with Crippen LogP contribution in [0.4, 0.5) is 10.5 Å². The van der Waals surface area contributed by atoms with Crippen LogP contribution >= 0.6 is 0 Å². The molecule has 1 N–H and O–H groups in total. The third-order valence-corrected chi connectivity index (χ3v) is 6.38. The van der Waals surface area contributed by atoms with Crippen molar-refractivity contribution in [2.45, 2.75) is 26.3 Å². The van der Waals surface area contributed by atoms with Crippen molar-refractivity contribution in [3.8, 4) is 5.75 Å². The predicted octanol–water partition coefficient (Wildman–Crippen LogP) is 5.34. The molecule has 0 atom stereocenters. The van der Waals surface area contributed by atoms with Crippen LogP contribution in [0, 0.1) is 0 Å². The highest BCUT2D eigenvalue weighted by Gasteiger charge is 2.37. The van der Waals surface area contributed by atoms with Gasteiger partial charge in [-0.3, -0.25) is 14.9 Å². The van der Waals surface area contributed by atoms with Gasteiger partial charge in [-0.25, -0.2) is 9.69 Å². The number of benzene rings is 3. The molecule has 186 valence electrons. The van der Waals surface area contributed by atoms with Crippen molar-refractivity contribution in [2.24, 2.45) is 0 Å². The van der Waals surface area contributed by atoms with E-state index in [0.29, 0.717) is 18.8 Å². The smallest absolute Gasteiger partial charge is 0.335 e. The highest BCUT2D eigenvalue weighted by atomic mass is 16.5. The molecule has 4 aromatic rings. The lowest BCUT2D eigenvalue weighted by atomic mass is 10.1. The van der Waals surface area contributed by atoms with Crippen molar-refractivity contribution in [3.63, 3.8) is 0 Å². The second-order valence-corrected chi connectivity index (χ2v) is 8.79. The van der Waals surface area contributed by atoms with Gasteiger partial charge < -0.3 is 9.30 Å². The topological polar surface area (TPSA) is 80.6 Å². The molecule has 7 nitrogen and oxygen atoms in total. The number of fused-ring (bicyclic) bond motifs is 1. The average Bonchev–Trinajstić information content (AvgIpc) is 3.27. The van der Waals surface area contributed by atoms with Crippen LogP contribution in [0.5, 0.6) is 5.75 Å². The van der Waals surface area contributed by atoms with Crippen LogP contribution in [0.2, 0.25) is 0 Å². The number of nitrogens with zero attached hydrogens (tertiary/aromatic N) is 2. The van der Waals surface area contributed by atoms with Gasteiger partial charge in [0.2, 0.25) is 0 Å². The zero-order chi connectivity index (χ0) is 25.8. The monoisotopic (exact) mass is 493 g/mol. The molecular formula is C30H27N3O4. The summed E-state index contributed by atoms with van der Waals surface area (Å²) < 4.78 is 7.91. The maximum Gasteiger partial charge on any atom is 0.335 e. The molecule has 0 unspecified atom stereocenters. The number of carbonyl (C=O) groups excluding carboxylic acids is 3. The van der Waals surface area contributed by atoms with Gasteiger partial charge in [-0.15, -0.1) is 0 Å². The molecule has 2 heterocycles. The number of anilines is 1. The van der Waals surface area contributed by atoms with Gasteiger partial charge in [-0.1, -0.05) is 55.5 Å². The summed E-state index contributed by atoms with van der Waals surface area (Å²) in [5.41, 5.74) is 3.13. The maximum atomic E-state index is 13.3. The van der Waals surface area contributed by atoms with E-state index >= 15 is 0 Å². The number of barbiturate groups is 1. The Balaban J connectivity index is 1.40. The normalized spacial score (nSPS) is 14.9. The first-order valence-electron chi connectivity index (χ1n) is 12.3. The van der Waals surface area contributed by atoms with E-state index in [1.54, 1.807) is 18.2 Å². The number of aromatic nitrogens is 1. The predicted molar refractivity (Wildman–Crippen MR) is 143 cm³/mol. The number of rotatable bonds is 8. The fourth-order valence-electron chi connectivity index (χ4n) is 4.45. The quantitative estimate of drug-likeness (QED) is 0.204. The lowest BCUT2D eigenvalue weighted by molar-refractivity contribution is -0.122. The lowest BCUT2D eigenvalue weighted by Crippen LogP contribution is -2.54. The zero-order valence-corrected chi connectivity index (χ0v) is 20.5. The van der Waals surface area contributed by atoms with Gasteiger partial charge in [0.25, 0.3) is 11.8 Å². The molecular weight excluding hydrogens is 466 g/mol. The Bertz CT molecular complexity index is 1490. The third-order valence-electron chi connectivity index (χ3n) is 6.38. The summed E-state index contributed by atoms with van der Waals surface area (Å²) in [6.07, 6.45) is 5.11. The summed E-state index contributed by atoms with van der Waals surface area (Å²) in [5, 5.41) is 3.22. The van der Waals surface area contributed by atoms with Crippen molar-refractivity contribution in [2.75, 3.05) is 11.5 Å². The summed E-state index contributed by atoms with van der Waals surface area (Å²) in [6.45, 7) is 3.28. The van der Waals surface area contributed by atoms with Crippen molar-refractivity contribution >= 4 is 40.5 Å². The molecule has 5 rings (SSSR count). The summed E-state index contributed by atoms with van der Waals surface area (Å²) in [6, 6.07) is 23.9. The van der Waals surface area contributed by atoms with E-state index in [1.165, 1.54) is 0 Å². The number of ether oxygens (including phenoxy) is 1. The maximum absolute atomic E-state index is 13.3. The van der Waals surface area contributed by atoms with Gasteiger partial charge in [-0.2, -0.15) is 0 Å². The Morgan fingerprint density at radius 1 is 0.892 bits per heavy atom. The molecule has 37 heavy (non-hydrogen) atoms. The van der Waals surface area contributed by atoms with Crippen LogP contribution < -0.4 is 15.0 Å². The fraction of sp³-hybridized carbons (Fsp3) is 0.167. The van der Waals surface area contributed by atoms with Crippen molar-refractivity contribution in [1.29, 1.82) is 0 Å². The second-order valence-electron chi connectivity index (χ2n) is 8.79. The number of amides is 4. The number of urea groups is 1. The van der Waals surface area contributed by atoms with Gasteiger partial charge in [0.1, 0.15) is 11.3 Å². The Hall–Kier alpha value is -4.65. The summed E-state index contributed by atoms with van der Waals surface area (Å²) in [5.74, 6) is -0.522. The van der Waals surface area contributed by atoms with Crippen molar-refractivity contribution in [1.82, 2.24) is 9.88 Å². The fourth-order valence-corrected chi connectivity index (χ4v) is 4.45. The molecule has 0 aliphatic carbocycles. The van der Waals surface area contributed by atoms with Gasteiger partial charge in [0.05, 0.1) is 12.3 Å². The molecule has 0 bridgehead atoms. The molecule has 1 aliphatic heterocycles. The van der Waals surface area contributed by atoms with E-state index in [1.807, 2.05) is 79.9 Å². The largest absolute Gasteiger partial charge is 0.494 e. The third kappa shape index (κ3) is 5.02. The van der Waals surface area contributed by atoms with Crippen LogP contribution in [0.3, 0.4) is 0 Å². The Morgan fingerprint density at radius 3 is 2.38 bits per heavy atom. The number of para-hydroxylation sites is 2. The van der Waals surface area contributed by atoms with E-state index in [4.69, 9.17) is 4.74 Å². The number of carbonyl (C=O) groups is 3. The molecule has 4 amide bonds. The van der Waals surface area contributed by atoms with Crippen LogP contribution in [-0.2, 0) is 22.6 Å². The lowest BCUT2D eigenvalue weighted by Gasteiger charge is -2.26. The molecule has 7 heteroatoms. The SMILES string of the molecule is CCc1ccc(N2C(=O)NC(=O)/C(=C/c3cn(CCCOc4ccccc4)c4ccccc34)C2=O)cc1. The van der Waals surface area contributed by atoms with Crippen molar-refractivity contribution in [3.05, 3.63) is 102 Å². The molecule has 0 spiro atoms. The van der Waals surface area contributed by atoms with Gasteiger partial charge in [0, 0.05) is 29.2 Å². The Morgan fingerprint density at radius 2 is 1.62 bits per heavy atom. The Kier molecular flexibility index (Phi) is 6.85. The van der Waals surface area contributed by atoms with Crippen LogP contribution in [0.25, 0.3) is 17.0 Å².